The van der Waals surface area contributed by atoms with Crippen molar-refractivity contribution in [2.24, 2.45) is 5.92 Å². The Balaban J connectivity index is 1.70. The van der Waals surface area contributed by atoms with Gasteiger partial charge < -0.3 is 20.1 Å². The third-order valence-corrected chi connectivity index (χ3v) is 6.09. The Morgan fingerprint density at radius 2 is 2.00 bits per heavy atom. The fraction of sp³-hybridized carbons (Fsp3) is 0.565. The lowest BCUT2D eigenvalue weighted by Gasteiger charge is -2.30. The van der Waals surface area contributed by atoms with Gasteiger partial charge in [0.15, 0.2) is 5.56 Å². The van der Waals surface area contributed by atoms with E-state index in [-0.39, 0.29) is 29.5 Å². The van der Waals surface area contributed by atoms with Crippen molar-refractivity contribution >= 4 is 23.5 Å². The number of rotatable bonds is 7. The number of carbonyl (C=O) groups is 2. The molecule has 2 aromatic heterocycles. The molecule has 1 saturated carbocycles. The third-order valence-electron chi connectivity index (χ3n) is 6.09. The molecule has 0 unspecified atom stereocenters. The number of ether oxygens (including phenoxy) is 1. The molecule has 2 N–H and O–H groups in total. The van der Waals surface area contributed by atoms with E-state index in [1.54, 1.807) is 18.0 Å². The third kappa shape index (κ3) is 4.80. The summed E-state index contributed by atoms with van der Waals surface area (Å²) in [5.74, 6) is -1.16. The molecular weight excluding hydrogens is 426 g/mol. The van der Waals surface area contributed by atoms with Crippen LogP contribution in [0.25, 0.3) is 11.7 Å². The standard InChI is InChI=1S/C23H31N5O5/c1-14(2)13-27-21-15(4-7-18(29)26(3)17-8-10-33-11-9-17)12-24-28(21)23(32)19(22(27)31)20(30)25-16-5-6-16/h4,7,12,14,16-17,32H,5-6,8-11,13H2,1-3H3,(H,25,30)/b7-4+. The summed E-state index contributed by atoms with van der Waals surface area (Å²) >= 11 is 0. The summed E-state index contributed by atoms with van der Waals surface area (Å²) in [5.41, 5.74) is -0.0467. The Morgan fingerprint density at radius 1 is 1.30 bits per heavy atom. The summed E-state index contributed by atoms with van der Waals surface area (Å²) in [6, 6.07) is 0.163. The summed E-state index contributed by atoms with van der Waals surface area (Å²) in [6.07, 6.45) is 7.83. The van der Waals surface area contributed by atoms with Crippen molar-refractivity contribution < 1.29 is 19.4 Å². The van der Waals surface area contributed by atoms with Crippen LogP contribution in [0, 0.1) is 5.92 Å². The van der Waals surface area contributed by atoms with Gasteiger partial charge in [-0.3, -0.25) is 19.0 Å². The van der Waals surface area contributed by atoms with Gasteiger partial charge in [-0.1, -0.05) is 13.8 Å². The molecule has 0 radical (unpaired) electrons. The minimum Gasteiger partial charge on any atom is -0.492 e. The molecule has 1 saturated heterocycles. The van der Waals surface area contributed by atoms with Crippen LogP contribution in [-0.2, 0) is 16.1 Å². The second kappa shape index (κ2) is 9.38. The Kier molecular flexibility index (Phi) is 6.55. The average molecular weight is 458 g/mol. The van der Waals surface area contributed by atoms with E-state index in [0.717, 1.165) is 25.7 Å². The highest BCUT2D eigenvalue weighted by atomic mass is 16.5. The molecule has 4 rings (SSSR count). The zero-order valence-corrected chi connectivity index (χ0v) is 19.3. The van der Waals surface area contributed by atoms with Crippen molar-refractivity contribution in [1.29, 1.82) is 0 Å². The summed E-state index contributed by atoms with van der Waals surface area (Å²) in [4.78, 5) is 40.4. The largest absolute Gasteiger partial charge is 0.492 e. The lowest BCUT2D eigenvalue weighted by atomic mass is 10.1. The molecule has 10 heteroatoms. The van der Waals surface area contributed by atoms with E-state index < -0.39 is 17.3 Å². The number of amides is 2. The number of fused-ring (bicyclic) bond motifs is 1. The molecule has 2 fully saturated rings. The number of aromatic hydroxyl groups is 1. The van der Waals surface area contributed by atoms with E-state index >= 15 is 0 Å². The van der Waals surface area contributed by atoms with Gasteiger partial charge >= 0.3 is 0 Å². The first-order valence-corrected chi connectivity index (χ1v) is 11.4. The average Bonchev–Trinajstić information content (AvgIpc) is 3.50. The molecule has 1 aliphatic carbocycles. The maximum absolute atomic E-state index is 13.3. The van der Waals surface area contributed by atoms with Gasteiger partial charge in [0.1, 0.15) is 5.65 Å². The van der Waals surface area contributed by atoms with Crippen molar-refractivity contribution in [1.82, 2.24) is 24.4 Å². The first kappa shape index (κ1) is 23.0. The number of likely N-dealkylation sites (N-methyl/N-ethyl adjacent to an activating group) is 1. The molecule has 33 heavy (non-hydrogen) atoms. The van der Waals surface area contributed by atoms with E-state index in [1.807, 2.05) is 13.8 Å². The molecule has 0 spiro atoms. The van der Waals surface area contributed by atoms with Crippen LogP contribution in [-0.4, -0.2) is 68.3 Å². The molecule has 0 bridgehead atoms. The highest BCUT2D eigenvalue weighted by Gasteiger charge is 2.30. The second-order valence-electron chi connectivity index (χ2n) is 9.22. The van der Waals surface area contributed by atoms with Gasteiger partial charge in [0.25, 0.3) is 11.5 Å². The Labute approximate surface area is 191 Å². The van der Waals surface area contributed by atoms with Gasteiger partial charge in [0, 0.05) is 50.5 Å². The van der Waals surface area contributed by atoms with Crippen LogP contribution in [0.2, 0.25) is 0 Å². The van der Waals surface area contributed by atoms with Crippen LogP contribution < -0.4 is 10.9 Å². The van der Waals surface area contributed by atoms with E-state index in [0.29, 0.717) is 31.0 Å². The van der Waals surface area contributed by atoms with Crippen LogP contribution in [0.5, 0.6) is 5.88 Å². The van der Waals surface area contributed by atoms with E-state index in [1.165, 1.54) is 21.4 Å². The lowest BCUT2D eigenvalue weighted by molar-refractivity contribution is -0.128. The van der Waals surface area contributed by atoms with Crippen molar-refractivity contribution in [2.45, 2.75) is 58.2 Å². The number of hydrogen-bond donors (Lipinski definition) is 2. The molecule has 0 aromatic carbocycles. The number of aromatic nitrogens is 3. The SMILES string of the molecule is CC(C)Cn1c(=O)c(C(=O)NC2CC2)c(O)n2ncc(/C=C/C(=O)N(C)C3CCOCC3)c12. The zero-order valence-electron chi connectivity index (χ0n) is 19.3. The topological polar surface area (TPSA) is 118 Å². The van der Waals surface area contributed by atoms with Crippen LogP contribution in [0.1, 0.15) is 55.5 Å². The van der Waals surface area contributed by atoms with Gasteiger partial charge in [-0.25, -0.2) is 0 Å². The van der Waals surface area contributed by atoms with Gasteiger partial charge in [0.2, 0.25) is 11.8 Å². The second-order valence-corrected chi connectivity index (χ2v) is 9.22. The Bertz CT molecular complexity index is 1140. The van der Waals surface area contributed by atoms with Gasteiger partial charge in [-0.2, -0.15) is 9.61 Å². The fourth-order valence-electron chi connectivity index (χ4n) is 4.08. The summed E-state index contributed by atoms with van der Waals surface area (Å²) < 4.78 is 8.01. The number of carbonyl (C=O) groups excluding carboxylic acids is 2. The molecule has 178 valence electrons. The van der Waals surface area contributed by atoms with Crippen LogP contribution in [0.3, 0.4) is 0 Å². The highest BCUT2D eigenvalue weighted by molar-refractivity contribution is 5.97. The fourth-order valence-corrected chi connectivity index (χ4v) is 4.08. The number of hydrogen-bond acceptors (Lipinski definition) is 6. The van der Waals surface area contributed by atoms with Crippen LogP contribution in [0.4, 0.5) is 0 Å². The van der Waals surface area contributed by atoms with Crippen molar-refractivity contribution in [2.75, 3.05) is 20.3 Å². The Hall–Kier alpha value is -3.14. The summed E-state index contributed by atoms with van der Waals surface area (Å²) in [5, 5.41) is 17.7. The first-order valence-electron chi connectivity index (χ1n) is 11.4. The van der Waals surface area contributed by atoms with Crippen LogP contribution in [0.15, 0.2) is 17.1 Å². The smallest absolute Gasteiger partial charge is 0.270 e. The number of nitrogens with one attached hydrogen (secondary N) is 1. The predicted molar refractivity (Wildman–Crippen MR) is 122 cm³/mol. The normalized spacial score (nSPS) is 17.2. The minimum absolute atomic E-state index is 0.0420. The molecule has 2 amide bonds. The highest BCUT2D eigenvalue weighted by Crippen LogP contribution is 2.24. The molecule has 2 aliphatic rings. The summed E-state index contributed by atoms with van der Waals surface area (Å²) in [7, 11) is 1.77. The predicted octanol–water partition coefficient (Wildman–Crippen LogP) is 1.40. The monoisotopic (exact) mass is 457 g/mol. The van der Waals surface area contributed by atoms with Crippen LogP contribution >= 0.6 is 0 Å². The molecule has 0 atom stereocenters. The Morgan fingerprint density at radius 3 is 2.64 bits per heavy atom. The van der Waals surface area contributed by atoms with Crippen molar-refractivity contribution in [3.05, 3.63) is 33.8 Å². The van der Waals surface area contributed by atoms with Gasteiger partial charge in [-0.05, 0) is 37.7 Å². The van der Waals surface area contributed by atoms with E-state index in [2.05, 4.69) is 10.4 Å². The number of nitrogens with zero attached hydrogens (tertiary/aromatic N) is 4. The van der Waals surface area contributed by atoms with Gasteiger partial charge in [0.05, 0.1) is 6.20 Å². The first-order chi connectivity index (χ1) is 15.8. The van der Waals surface area contributed by atoms with E-state index in [4.69, 9.17) is 4.74 Å². The van der Waals surface area contributed by atoms with Gasteiger partial charge in [-0.15, -0.1) is 0 Å². The minimum atomic E-state index is -0.597. The lowest BCUT2D eigenvalue weighted by Crippen LogP contribution is -2.39. The maximum Gasteiger partial charge on any atom is 0.270 e. The van der Waals surface area contributed by atoms with Crippen molar-refractivity contribution in [3.63, 3.8) is 0 Å². The molecule has 1 aliphatic heterocycles. The zero-order chi connectivity index (χ0) is 23.7. The van der Waals surface area contributed by atoms with E-state index in [9.17, 15) is 19.5 Å². The molecule has 10 nitrogen and oxygen atoms in total. The maximum atomic E-state index is 13.3. The molecule has 3 heterocycles. The summed E-state index contributed by atoms with van der Waals surface area (Å²) in [6.45, 7) is 5.51. The molecular formula is C23H31N5O5. The van der Waals surface area contributed by atoms with Crippen molar-refractivity contribution in [3.8, 4) is 5.88 Å². The molecule has 2 aromatic rings. The quantitative estimate of drug-likeness (QED) is 0.607.